The van der Waals surface area contributed by atoms with Gasteiger partial charge >= 0.3 is 0 Å². The van der Waals surface area contributed by atoms with E-state index in [1.807, 2.05) is 12.1 Å². The smallest absolute Gasteiger partial charge is 0.211 e. The first-order valence-electron chi connectivity index (χ1n) is 9.06. The first-order valence-corrected chi connectivity index (χ1v) is 9.06. The van der Waals surface area contributed by atoms with Crippen molar-refractivity contribution < 1.29 is 4.39 Å². The van der Waals surface area contributed by atoms with Gasteiger partial charge in [0.15, 0.2) is 6.19 Å². The van der Waals surface area contributed by atoms with Crippen molar-refractivity contribution >= 4 is 29.0 Å². The predicted octanol–water partition coefficient (Wildman–Crippen LogP) is 1.80. The molecular weight excluding hydrogens is 373 g/mol. The SMILES string of the molecule is N#CNC1=NC(c2ccc(N3CCCC3)cc2F)c2c(nc(N)c(C#N)c2N)N1. The Morgan fingerprint density at radius 1 is 1.24 bits per heavy atom. The largest absolute Gasteiger partial charge is 0.397 e. The van der Waals surface area contributed by atoms with E-state index >= 15 is 4.39 Å². The molecule has 2 aromatic rings. The molecule has 1 saturated heterocycles. The summed E-state index contributed by atoms with van der Waals surface area (Å²) in [6.07, 6.45) is 3.93. The summed E-state index contributed by atoms with van der Waals surface area (Å²) in [4.78, 5) is 10.7. The van der Waals surface area contributed by atoms with Crippen molar-refractivity contribution in [1.82, 2.24) is 10.3 Å². The van der Waals surface area contributed by atoms with Gasteiger partial charge in [-0.25, -0.2) is 14.4 Å². The average molecular weight is 391 g/mol. The van der Waals surface area contributed by atoms with Gasteiger partial charge in [0.25, 0.3) is 0 Å². The molecule has 0 bridgehead atoms. The van der Waals surface area contributed by atoms with E-state index in [2.05, 4.69) is 25.5 Å². The van der Waals surface area contributed by atoms with E-state index in [-0.39, 0.29) is 34.4 Å². The molecule has 0 spiro atoms. The molecule has 1 unspecified atom stereocenters. The Balaban J connectivity index is 1.84. The van der Waals surface area contributed by atoms with Gasteiger partial charge in [-0.15, -0.1) is 0 Å². The number of pyridine rings is 1. The number of nitrogens with zero attached hydrogens (tertiary/aromatic N) is 5. The van der Waals surface area contributed by atoms with Crippen LogP contribution in [0.5, 0.6) is 0 Å². The van der Waals surface area contributed by atoms with Crippen molar-refractivity contribution in [3.05, 3.63) is 40.7 Å². The molecule has 1 fully saturated rings. The van der Waals surface area contributed by atoms with Gasteiger partial charge in [0.2, 0.25) is 5.96 Å². The fourth-order valence-electron chi connectivity index (χ4n) is 3.72. The van der Waals surface area contributed by atoms with Crippen molar-refractivity contribution in [2.45, 2.75) is 18.9 Å². The van der Waals surface area contributed by atoms with Crippen molar-refractivity contribution in [2.24, 2.45) is 4.99 Å². The quantitative estimate of drug-likeness (QED) is 0.447. The maximum Gasteiger partial charge on any atom is 0.211 e. The molecule has 9 nitrogen and oxygen atoms in total. The van der Waals surface area contributed by atoms with Crippen LogP contribution in [0.2, 0.25) is 0 Å². The molecule has 10 heteroatoms. The minimum atomic E-state index is -0.894. The molecule has 4 rings (SSSR count). The Bertz CT molecular complexity index is 1090. The summed E-state index contributed by atoms with van der Waals surface area (Å²) < 4.78 is 15.1. The van der Waals surface area contributed by atoms with Crippen molar-refractivity contribution in [3.8, 4) is 12.3 Å². The molecule has 146 valence electrons. The second-order valence-electron chi connectivity index (χ2n) is 6.80. The highest BCUT2D eigenvalue weighted by molar-refractivity contribution is 5.98. The summed E-state index contributed by atoms with van der Waals surface area (Å²) in [7, 11) is 0. The third-order valence-electron chi connectivity index (χ3n) is 5.11. The first-order chi connectivity index (χ1) is 14.0. The van der Waals surface area contributed by atoms with E-state index < -0.39 is 11.9 Å². The highest BCUT2D eigenvalue weighted by atomic mass is 19.1. The van der Waals surface area contributed by atoms with E-state index in [9.17, 15) is 5.26 Å². The topological polar surface area (TPSA) is 152 Å². The third kappa shape index (κ3) is 3.11. The van der Waals surface area contributed by atoms with Crippen molar-refractivity contribution in [2.75, 3.05) is 34.8 Å². The predicted molar refractivity (Wildman–Crippen MR) is 107 cm³/mol. The number of anilines is 4. The van der Waals surface area contributed by atoms with Crippen LogP contribution < -0.4 is 27.0 Å². The van der Waals surface area contributed by atoms with Gasteiger partial charge in [-0.1, -0.05) is 6.07 Å². The molecule has 2 aliphatic heterocycles. The Morgan fingerprint density at radius 2 is 2.00 bits per heavy atom. The average Bonchev–Trinajstić information content (AvgIpc) is 3.22. The first kappa shape index (κ1) is 18.3. The van der Waals surface area contributed by atoms with E-state index in [0.717, 1.165) is 31.6 Å². The van der Waals surface area contributed by atoms with E-state index in [1.54, 1.807) is 12.3 Å². The van der Waals surface area contributed by atoms with Gasteiger partial charge in [-0.2, -0.15) is 10.5 Å². The number of nitrogens with two attached hydrogens (primary N) is 2. The lowest BCUT2D eigenvalue weighted by Gasteiger charge is -2.27. The number of nitriles is 2. The summed E-state index contributed by atoms with van der Waals surface area (Å²) in [6, 6.07) is 5.99. The molecule has 0 aliphatic carbocycles. The summed E-state index contributed by atoms with van der Waals surface area (Å²) in [5, 5.41) is 23.5. The van der Waals surface area contributed by atoms with Crippen LogP contribution in [0, 0.1) is 28.6 Å². The molecule has 6 N–H and O–H groups in total. The molecule has 3 heterocycles. The number of guanidine groups is 1. The molecule has 1 atom stereocenters. The van der Waals surface area contributed by atoms with E-state index in [4.69, 9.17) is 16.7 Å². The number of fused-ring (bicyclic) bond motifs is 1. The number of hydrogen-bond donors (Lipinski definition) is 4. The van der Waals surface area contributed by atoms with Crippen LogP contribution in [-0.2, 0) is 0 Å². The fraction of sp³-hybridized carbons (Fsp3) is 0.263. The second-order valence-corrected chi connectivity index (χ2v) is 6.80. The molecule has 0 radical (unpaired) electrons. The number of benzene rings is 1. The van der Waals surface area contributed by atoms with Gasteiger partial charge < -0.3 is 21.7 Å². The standard InChI is InChI=1S/C19H18FN9/c20-13-7-10(29-5-1-2-6-29)3-4-11(13)16-14-15(23)12(8-21)17(24)27-18(14)28-19(26-16)25-9-22/h3-4,7,16H,1-2,5-6H2,(H6,23,24,25,26,27,28). The number of rotatable bonds is 2. The van der Waals surface area contributed by atoms with E-state index in [0.29, 0.717) is 5.56 Å². The lowest BCUT2D eigenvalue weighted by molar-refractivity contribution is 0.599. The Hall–Kier alpha value is -4.05. The number of hydrogen-bond acceptors (Lipinski definition) is 9. The number of nitrogens with one attached hydrogen (secondary N) is 2. The number of halogens is 1. The fourth-order valence-corrected chi connectivity index (χ4v) is 3.72. The molecular formula is C19H18FN9. The van der Waals surface area contributed by atoms with Gasteiger partial charge in [0.1, 0.15) is 35.1 Å². The Morgan fingerprint density at radius 3 is 2.66 bits per heavy atom. The molecule has 2 aliphatic rings. The van der Waals surface area contributed by atoms with Gasteiger partial charge in [0.05, 0.1) is 5.69 Å². The van der Waals surface area contributed by atoms with Crippen LogP contribution in [0.4, 0.5) is 27.4 Å². The van der Waals surface area contributed by atoms with E-state index in [1.165, 1.54) is 6.07 Å². The molecule has 29 heavy (non-hydrogen) atoms. The number of aliphatic imine (C=N–C) groups is 1. The second kappa shape index (κ2) is 7.17. The van der Waals surface area contributed by atoms with Crippen LogP contribution in [0.25, 0.3) is 0 Å². The molecule has 0 amide bonds. The van der Waals surface area contributed by atoms with Crippen LogP contribution in [0.15, 0.2) is 23.2 Å². The third-order valence-corrected chi connectivity index (χ3v) is 5.11. The minimum absolute atomic E-state index is 0.0107. The summed E-state index contributed by atoms with van der Waals surface area (Å²) in [6.45, 7) is 1.79. The zero-order valence-corrected chi connectivity index (χ0v) is 15.4. The highest BCUT2D eigenvalue weighted by Crippen LogP contribution is 2.41. The molecule has 1 aromatic heterocycles. The Kier molecular flexibility index (Phi) is 4.53. The number of nitrogen functional groups attached to an aromatic ring is 2. The zero-order valence-electron chi connectivity index (χ0n) is 15.4. The minimum Gasteiger partial charge on any atom is -0.397 e. The normalized spacial score (nSPS) is 17.6. The summed E-state index contributed by atoms with van der Waals surface area (Å²) >= 11 is 0. The number of aromatic nitrogens is 1. The zero-order chi connectivity index (χ0) is 20.5. The lowest BCUT2D eigenvalue weighted by Crippen LogP contribution is -2.33. The summed E-state index contributed by atoms with van der Waals surface area (Å²) in [5.41, 5.74) is 13.5. The van der Waals surface area contributed by atoms with Gasteiger partial charge in [-0.3, -0.25) is 5.32 Å². The monoisotopic (exact) mass is 391 g/mol. The lowest BCUT2D eigenvalue weighted by atomic mass is 9.94. The Labute approximate surface area is 166 Å². The van der Waals surface area contributed by atoms with Crippen molar-refractivity contribution in [3.63, 3.8) is 0 Å². The highest BCUT2D eigenvalue weighted by Gasteiger charge is 2.31. The van der Waals surface area contributed by atoms with Crippen LogP contribution >= 0.6 is 0 Å². The molecule has 0 saturated carbocycles. The maximum atomic E-state index is 15.1. The maximum absolute atomic E-state index is 15.1. The van der Waals surface area contributed by atoms with Crippen molar-refractivity contribution in [1.29, 1.82) is 10.5 Å². The molecule has 1 aromatic carbocycles. The van der Waals surface area contributed by atoms with Gasteiger partial charge in [0, 0.05) is 29.9 Å². The van der Waals surface area contributed by atoms with Crippen LogP contribution in [-0.4, -0.2) is 24.0 Å². The summed E-state index contributed by atoms with van der Waals surface area (Å²) in [5.74, 6) is -0.205. The van der Waals surface area contributed by atoms with Gasteiger partial charge in [-0.05, 0) is 25.0 Å². The van der Waals surface area contributed by atoms with Crippen LogP contribution in [0.3, 0.4) is 0 Å². The van der Waals surface area contributed by atoms with Crippen LogP contribution in [0.1, 0.15) is 35.6 Å².